The van der Waals surface area contributed by atoms with Gasteiger partial charge in [0, 0.05) is 26.7 Å². The minimum absolute atomic E-state index is 0.329. The van der Waals surface area contributed by atoms with Crippen molar-refractivity contribution in [3.63, 3.8) is 0 Å². The van der Waals surface area contributed by atoms with Crippen LogP contribution in [0.2, 0.25) is 0 Å². The molecule has 0 unspecified atom stereocenters. The van der Waals surface area contributed by atoms with Crippen LogP contribution in [-0.2, 0) is 6.54 Å². The summed E-state index contributed by atoms with van der Waals surface area (Å²) >= 11 is 0. The standard InChI is InChI=1S/C18H20N2O2/c1-19-9-4-10-20(16-6-3-2-5-15(16)19)12-14-7-8-17-18(11-14)22-13-21-17/h2-3,5-8,11H,4,9-10,12-13H2,1H3. The fraction of sp³-hybridized carbons (Fsp3) is 0.333. The van der Waals surface area contributed by atoms with Gasteiger partial charge in [0.05, 0.1) is 11.4 Å². The number of ether oxygens (including phenoxy) is 2. The lowest BCUT2D eigenvalue weighted by Crippen LogP contribution is -2.23. The first kappa shape index (κ1) is 13.3. The van der Waals surface area contributed by atoms with Crippen LogP contribution in [0.1, 0.15) is 12.0 Å². The van der Waals surface area contributed by atoms with E-state index in [2.05, 4.69) is 53.2 Å². The molecule has 4 nitrogen and oxygen atoms in total. The lowest BCUT2D eigenvalue weighted by atomic mass is 10.1. The van der Waals surface area contributed by atoms with Gasteiger partial charge < -0.3 is 19.3 Å². The highest BCUT2D eigenvalue weighted by atomic mass is 16.7. The quantitative estimate of drug-likeness (QED) is 0.849. The van der Waals surface area contributed by atoms with Crippen LogP contribution in [0.25, 0.3) is 0 Å². The van der Waals surface area contributed by atoms with Crippen LogP contribution in [0.3, 0.4) is 0 Å². The fourth-order valence-corrected chi connectivity index (χ4v) is 3.22. The van der Waals surface area contributed by atoms with E-state index in [9.17, 15) is 0 Å². The third-order valence-electron chi connectivity index (χ3n) is 4.37. The van der Waals surface area contributed by atoms with Gasteiger partial charge >= 0.3 is 0 Å². The van der Waals surface area contributed by atoms with Crippen molar-refractivity contribution < 1.29 is 9.47 Å². The highest BCUT2D eigenvalue weighted by Gasteiger charge is 2.19. The van der Waals surface area contributed by atoms with Crippen LogP contribution in [0.15, 0.2) is 42.5 Å². The molecule has 2 aliphatic heterocycles. The third kappa shape index (κ3) is 2.34. The Morgan fingerprint density at radius 3 is 2.68 bits per heavy atom. The maximum absolute atomic E-state index is 5.49. The molecule has 114 valence electrons. The summed E-state index contributed by atoms with van der Waals surface area (Å²) in [6.45, 7) is 3.38. The van der Waals surface area contributed by atoms with Gasteiger partial charge in [-0.1, -0.05) is 18.2 Å². The van der Waals surface area contributed by atoms with Crippen molar-refractivity contribution in [3.05, 3.63) is 48.0 Å². The van der Waals surface area contributed by atoms with Crippen molar-refractivity contribution in [3.8, 4) is 11.5 Å². The van der Waals surface area contributed by atoms with E-state index in [1.165, 1.54) is 16.9 Å². The van der Waals surface area contributed by atoms with Crippen LogP contribution in [-0.4, -0.2) is 26.9 Å². The molecule has 0 amide bonds. The summed E-state index contributed by atoms with van der Waals surface area (Å²) in [5.41, 5.74) is 3.87. The summed E-state index contributed by atoms with van der Waals surface area (Å²) in [5, 5.41) is 0. The molecule has 0 fully saturated rings. The molecule has 0 saturated carbocycles. The van der Waals surface area contributed by atoms with Gasteiger partial charge in [0.1, 0.15) is 0 Å². The SMILES string of the molecule is CN1CCCN(Cc2ccc3c(c2)OCO3)c2ccccc21. The lowest BCUT2D eigenvalue weighted by molar-refractivity contribution is 0.174. The van der Waals surface area contributed by atoms with Gasteiger partial charge in [0.25, 0.3) is 0 Å². The second-order valence-corrected chi connectivity index (χ2v) is 5.87. The molecule has 4 rings (SSSR count). The van der Waals surface area contributed by atoms with Crippen molar-refractivity contribution in [2.24, 2.45) is 0 Å². The lowest BCUT2D eigenvalue weighted by Gasteiger charge is -2.26. The van der Waals surface area contributed by atoms with E-state index in [1.54, 1.807) is 0 Å². The van der Waals surface area contributed by atoms with Crippen LogP contribution < -0.4 is 19.3 Å². The molecular weight excluding hydrogens is 276 g/mol. The highest BCUT2D eigenvalue weighted by Crippen LogP contribution is 2.35. The first-order valence-corrected chi connectivity index (χ1v) is 7.75. The highest BCUT2D eigenvalue weighted by molar-refractivity contribution is 5.71. The number of fused-ring (bicyclic) bond motifs is 2. The van der Waals surface area contributed by atoms with E-state index in [-0.39, 0.29) is 0 Å². The molecule has 0 atom stereocenters. The maximum atomic E-state index is 5.49. The Balaban J connectivity index is 1.63. The van der Waals surface area contributed by atoms with E-state index in [0.29, 0.717) is 6.79 Å². The van der Waals surface area contributed by atoms with Gasteiger partial charge in [0.2, 0.25) is 6.79 Å². The van der Waals surface area contributed by atoms with E-state index < -0.39 is 0 Å². The molecule has 0 aromatic heterocycles. The monoisotopic (exact) mass is 296 g/mol. The van der Waals surface area contributed by atoms with Gasteiger partial charge in [-0.05, 0) is 36.2 Å². The van der Waals surface area contributed by atoms with Crippen LogP contribution in [0.4, 0.5) is 11.4 Å². The molecule has 2 aromatic carbocycles. The zero-order chi connectivity index (χ0) is 14.9. The molecule has 22 heavy (non-hydrogen) atoms. The molecule has 0 saturated heterocycles. The summed E-state index contributed by atoms with van der Waals surface area (Å²) in [5.74, 6) is 1.71. The Morgan fingerprint density at radius 1 is 0.955 bits per heavy atom. The second-order valence-electron chi connectivity index (χ2n) is 5.87. The van der Waals surface area contributed by atoms with Crippen molar-refractivity contribution >= 4 is 11.4 Å². The number of benzene rings is 2. The van der Waals surface area contributed by atoms with Gasteiger partial charge in [-0.25, -0.2) is 0 Å². The average Bonchev–Trinajstić information content (AvgIpc) is 2.95. The number of para-hydroxylation sites is 2. The smallest absolute Gasteiger partial charge is 0.231 e. The maximum Gasteiger partial charge on any atom is 0.231 e. The van der Waals surface area contributed by atoms with Crippen molar-refractivity contribution in [1.29, 1.82) is 0 Å². The molecule has 2 aliphatic rings. The van der Waals surface area contributed by atoms with Crippen molar-refractivity contribution in [1.82, 2.24) is 0 Å². The number of rotatable bonds is 2. The van der Waals surface area contributed by atoms with E-state index >= 15 is 0 Å². The fourth-order valence-electron chi connectivity index (χ4n) is 3.22. The molecule has 0 bridgehead atoms. The average molecular weight is 296 g/mol. The number of hydrogen-bond donors (Lipinski definition) is 0. The van der Waals surface area contributed by atoms with Crippen LogP contribution in [0.5, 0.6) is 11.5 Å². The van der Waals surface area contributed by atoms with E-state index in [0.717, 1.165) is 37.6 Å². The summed E-state index contributed by atoms with van der Waals surface area (Å²) < 4.78 is 10.9. The van der Waals surface area contributed by atoms with Gasteiger partial charge in [-0.15, -0.1) is 0 Å². The zero-order valence-corrected chi connectivity index (χ0v) is 12.8. The summed E-state index contributed by atoms with van der Waals surface area (Å²) in [6, 6.07) is 14.9. The Bertz CT molecular complexity index is 687. The molecule has 4 heteroatoms. The second kappa shape index (κ2) is 5.44. The first-order chi connectivity index (χ1) is 10.8. The van der Waals surface area contributed by atoms with Crippen molar-refractivity contribution in [2.45, 2.75) is 13.0 Å². The van der Waals surface area contributed by atoms with Crippen LogP contribution >= 0.6 is 0 Å². The van der Waals surface area contributed by atoms with Gasteiger partial charge in [-0.2, -0.15) is 0 Å². The predicted octanol–water partition coefficient (Wildman–Crippen LogP) is 3.26. The largest absolute Gasteiger partial charge is 0.454 e. The molecule has 0 aliphatic carbocycles. The van der Waals surface area contributed by atoms with Gasteiger partial charge in [0.15, 0.2) is 11.5 Å². The first-order valence-electron chi connectivity index (χ1n) is 7.75. The molecular formula is C18H20N2O2. The Hall–Kier alpha value is -2.36. The predicted molar refractivity (Wildman–Crippen MR) is 87.9 cm³/mol. The number of hydrogen-bond acceptors (Lipinski definition) is 4. The molecule has 2 aromatic rings. The van der Waals surface area contributed by atoms with Crippen LogP contribution in [0, 0.1) is 0 Å². The Kier molecular flexibility index (Phi) is 3.29. The Labute approximate surface area is 130 Å². The molecule has 0 radical (unpaired) electrons. The summed E-state index contributed by atoms with van der Waals surface area (Å²) in [6.07, 6.45) is 1.16. The van der Waals surface area contributed by atoms with E-state index in [1.807, 2.05) is 6.07 Å². The van der Waals surface area contributed by atoms with Gasteiger partial charge in [-0.3, -0.25) is 0 Å². The minimum atomic E-state index is 0.329. The molecule has 0 spiro atoms. The molecule has 2 heterocycles. The van der Waals surface area contributed by atoms with E-state index in [4.69, 9.17) is 9.47 Å². The van der Waals surface area contributed by atoms with Crippen molar-refractivity contribution in [2.75, 3.05) is 36.7 Å². The third-order valence-corrected chi connectivity index (χ3v) is 4.37. The minimum Gasteiger partial charge on any atom is -0.454 e. The zero-order valence-electron chi connectivity index (χ0n) is 12.8. The number of nitrogens with zero attached hydrogens (tertiary/aromatic N) is 2. The summed E-state index contributed by atoms with van der Waals surface area (Å²) in [4.78, 5) is 4.80. The normalized spacial score (nSPS) is 16.4. The topological polar surface area (TPSA) is 24.9 Å². The molecule has 0 N–H and O–H groups in total. The summed E-state index contributed by atoms with van der Waals surface area (Å²) in [7, 11) is 2.17. The number of anilines is 2. The Morgan fingerprint density at radius 2 is 1.77 bits per heavy atom.